The van der Waals surface area contributed by atoms with Crippen molar-refractivity contribution in [1.82, 2.24) is 10.2 Å². The predicted octanol–water partition coefficient (Wildman–Crippen LogP) is 5.12. The third-order valence-electron chi connectivity index (χ3n) is 2.95. The molecule has 0 N–H and O–H groups in total. The Morgan fingerprint density at radius 2 is 1.25 bits per heavy atom. The molecule has 0 aliphatic heterocycles. The van der Waals surface area contributed by atoms with Crippen LogP contribution in [0.4, 0.5) is 0 Å². The maximum absolute atomic E-state index is 6.01. The molecule has 0 atom stereocenters. The van der Waals surface area contributed by atoms with Crippen molar-refractivity contribution in [3.05, 3.63) is 70.7 Å². The predicted molar refractivity (Wildman–Crippen MR) is 82.9 cm³/mol. The van der Waals surface area contributed by atoms with E-state index in [4.69, 9.17) is 23.2 Å². The highest BCUT2D eigenvalue weighted by Gasteiger charge is 2.05. The minimum atomic E-state index is 0.512. The number of halogens is 2. The Morgan fingerprint density at radius 3 is 1.85 bits per heavy atom. The molecule has 0 fully saturated rings. The fourth-order valence-corrected chi connectivity index (χ4v) is 2.20. The molecule has 20 heavy (non-hydrogen) atoms. The quantitative estimate of drug-likeness (QED) is 0.656. The molecule has 98 valence electrons. The lowest BCUT2D eigenvalue weighted by Crippen LogP contribution is -1.90. The standard InChI is InChI=1S/C16H10Cl2N2/c17-13-7-6-12(10-14(13)18)16-9-8-15(19-20-16)11-4-2-1-3-5-11/h1-10H. The molecule has 0 bridgehead atoms. The molecule has 3 rings (SSSR count). The first-order valence-electron chi connectivity index (χ1n) is 6.08. The Balaban J connectivity index is 1.95. The number of rotatable bonds is 2. The highest BCUT2D eigenvalue weighted by atomic mass is 35.5. The monoisotopic (exact) mass is 300 g/mol. The lowest BCUT2D eigenvalue weighted by atomic mass is 10.1. The second-order valence-corrected chi connectivity index (χ2v) is 5.11. The zero-order valence-corrected chi connectivity index (χ0v) is 11.9. The molecular formula is C16H10Cl2N2. The third-order valence-corrected chi connectivity index (χ3v) is 3.69. The summed E-state index contributed by atoms with van der Waals surface area (Å²) in [6, 6.07) is 19.2. The minimum Gasteiger partial charge on any atom is -0.150 e. The average Bonchev–Trinajstić information content (AvgIpc) is 2.51. The van der Waals surface area contributed by atoms with Gasteiger partial charge in [-0.1, -0.05) is 59.6 Å². The first-order valence-corrected chi connectivity index (χ1v) is 6.84. The maximum Gasteiger partial charge on any atom is 0.0930 e. The van der Waals surface area contributed by atoms with Crippen LogP contribution in [0.5, 0.6) is 0 Å². The molecule has 2 nitrogen and oxygen atoms in total. The van der Waals surface area contributed by atoms with Crippen molar-refractivity contribution in [2.45, 2.75) is 0 Å². The Morgan fingerprint density at radius 1 is 0.600 bits per heavy atom. The zero-order valence-electron chi connectivity index (χ0n) is 10.4. The van der Waals surface area contributed by atoms with Gasteiger partial charge in [-0.15, -0.1) is 10.2 Å². The van der Waals surface area contributed by atoms with E-state index in [0.29, 0.717) is 10.0 Å². The highest BCUT2D eigenvalue weighted by Crippen LogP contribution is 2.27. The molecule has 0 aliphatic carbocycles. The summed E-state index contributed by atoms with van der Waals surface area (Å²) in [5.74, 6) is 0. The van der Waals surface area contributed by atoms with Gasteiger partial charge in [0.2, 0.25) is 0 Å². The van der Waals surface area contributed by atoms with Crippen molar-refractivity contribution in [3.8, 4) is 22.5 Å². The zero-order chi connectivity index (χ0) is 13.9. The molecule has 0 saturated carbocycles. The van der Waals surface area contributed by atoms with Crippen molar-refractivity contribution in [2.75, 3.05) is 0 Å². The highest BCUT2D eigenvalue weighted by molar-refractivity contribution is 6.42. The molecule has 3 aromatic rings. The van der Waals surface area contributed by atoms with E-state index in [1.165, 1.54) is 0 Å². The van der Waals surface area contributed by atoms with E-state index in [1.54, 1.807) is 12.1 Å². The van der Waals surface area contributed by atoms with Crippen LogP contribution < -0.4 is 0 Å². The first-order chi connectivity index (χ1) is 9.74. The lowest BCUT2D eigenvalue weighted by molar-refractivity contribution is 1.04. The Hall–Kier alpha value is -1.90. The molecule has 0 saturated heterocycles. The van der Waals surface area contributed by atoms with E-state index in [9.17, 15) is 0 Å². The first kappa shape index (κ1) is 13.1. The normalized spacial score (nSPS) is 10.5. The largest absolute Gasteiger partial charge is 0.150 e. The van der Waals surface area contributed by atoms with Crippen LogP contribution in [-0.4, -0.2) is 10.2 Å². The van der Waals surface area contributed by atoms with Gasteiger partial charge in [-0.3, -0.25) is 0 Å². The van der Waals surface area contributed by atoms with Gasteiger partial charge in [0.15, 0.2) is 0 Å². The second-order valence-electron chi connectivity index (χ2n) is 4.30. The van der Waals surface area contributed by atoms with Crippen LogP contribution in [0.15, 0.2) is 60.7 Å². The Kier molecular flexibility index (Phi) is 3.68. The molecule has 0 spiro atoms. The molecule has 4 heteroatoms. The summed E-state index contributed by atoms with van der Waals surface area (Å²) < 4.78 is 0. The van der Waals surface area contributed by atoms with Gasteiger partial charge in [-0.2, -0.15) is 0 Å². The van der Waals surface area contributed by atoms with Crippen LogP contribution in [0, 0.1) is 0 Å². The SMILES string of the molecule is Clc1ccc(-c2ccc(-c3ccccc3)nn2)cc1Cl. The van der Waals surface area contributed by atoms with Crippen LogP contribution in [-0.2, 0) is 0 Å². The van der Waals surface area contributed by atoms with Crippen molar-refractivity contribution in [3.63, 3.8) is 0 Å². The third kappa shape index (κ3) is 2.67. The van der Waals surface area contributed by atoms with Gasteiger partial charge in [-0.25, -0.2) is 0 Å². The van der Waals surface area contributed by atoms with Crippen LogP contribution in [0.2, 0.25) is 10.0 Å². The average molecular weight is 301 g/mol. The van der Waals surface area contributed by atoms with Gasteiger partial charge in [0.25, 0.3) is 0 Å². The minimum absolute atomic E-state index is 0.512. The molecule has 0 radical (unpaired) electrons. The summed E-state index contributed by atoms with van der Waals surface area (Å²) in [7, 11) is 0. The summed E-state index contributed by atoms with van der Waals surface area (Å²) in [4.78, 5) is 0. The van der Waals surface area contributed by atoms with E-state index in [1.807, 2.05) is 48.5 Å². The molecule has 1 aromatic heterocycles. The van der Waals surface area contributed by atoms with Crippen molar-refractivity contribution < 1.29 is 0 Å². The van der Waals surface area contributed by atoms with E-state index in [2.05, 4.69) is 10.2 Å². The van der Waals surface area contributed by atoms with Gasteiger partial charge >= 0.3 is 0 Å². The summed E-state index contributed by atoms with van der Waals surface area (Å²) in [5.41, 5.74) is 3.55. The van der Waals surface area contributed by atoms with E-state index in [-0.39, 0.29) is 0 Å². The molecule has 0 amide bonds. The lowest BCUT2D eigenvalue weighted by Gasteiger charge is -2.04. The summed E-state index contributed by atoms with van der Waals surface area (Å²) in [6.45, 7) is 0. The van der Waals surface area contributed by atoms with Gasteiger partial charge in [0.05, 0.1) is 21.4 Å². The van der Waals surface area contributed by atoms with Crippen LogP contribution >= 0.6 is 23.2 Å². The number of benzene rings is 2. The summed E-state index contributed by atoms with van der Waals surface area (Å²) >= 11 is 11.9. The van der Waals surface area contributed by atoms with Crippen molar-refractivity contribution in [1.29, 1.82) is 0 Å². The fourth-order valence-electron chi connectivity index (χ4n) is 1.90. The van der Waals surface area contributed by atoms with Crippen LogP contribution in [0.1, 0.15) is 0 Å². The van der Waals surface area contributed by atoms with Crippen molar-refractivity contribution >= 4 is 23.2 Å². The molecule has 0 aliphatic rings. The van der Waals surface area contributed by atoms with Gasteiger partial charge in [0.1, 0.15) is 0 Å². The Labute approximate surface area is 127 Å². The number of nitrogens with zero attached hydrogens (tertiary/aromatic N) is 2. The maximum atomic E-state index is 6.01. The van der Waals surface area contributed by atoms with Crippen LogP contribution in [0.3, 0.4) is 0 Å². The molecule has 0 unspecified atom stereocenters. The van der Waals surface area contributed by atoms with Crippen LogP contribution in [0.25, 0.3) is 22.5 Å². The molecule has 1 heterocycles. The molecular weight excluding hydrogens is 291 g/mol. The van der Waals surface area contributed by atoms with Gasteiger partial charge in [-0.05, 0) is 24.3 Å². The van der Waals surface area contributed by atoms with Gasteiger partial charge in [0, 0.05) is 11.1 Å². The topological polar surface area (TPSA) is 25.8 Å². The smallest absolute Gasteiger partial charge is 0.0930 e. The van der Waals surface area contributed by atoms with E-state index >= 15 is 0 Å². The van der Waals surface area contributed by atoms with Crippen molar-refractivity contribution in [2.24, 2.45) is 0 Å². The number of hydrogen-bond donors (Lipinski definition) is 0. The van der Waals surface area contributed by atoms with E-state index < -0.39 is 0 Å². The second kappa shape index (κ2) is 5.61. The summed E-state index contributed by atoms with van der Waals surface area (Å²) in [5, 5.41) is 9.54. The summed E-state index contributed by atoms with van der Waals surface area (Å²) in [6.07, 6.45) is 0. The molecule has 2 aromatic carbocycles. The van der Waals surface area contributed by atoms with Gasteiger partial charge < -0.3 is 0 Å². The number of aromatic nitrogens is 2. The van der Waals surface area contributed by atoms with E-state index in [0.717, 1.165) is 22.5 Å². The Bertz CT molecular complexity index is 725. The number of hydrogen-bond acceptors (Lipinski definition) is 2. The fraction of sp³-hybridized carbons (Fsp3) is 0.